The van der Waals surface area contributed by atoms with Gasteiger partial charge in [0.2, 0.25) is 0 Å². The topological polar surface area (TPSA) is 67.4 Å². The monoisotopic (exact) mass is 419 g/mol. The van der Waals surface area contributed by atoms with Gasteiger partial charge in [0.25, 0.3) is 5.56 Å². The van der Waals surface area contributed by atoms with Crippen LogP contribution in [-0.2, 0) is 27.1 Å². The normalized spacial score (nSPS) is 11.1. The minimum Gasteiger partial charge on any atom is -0.493 e. The van der Waals surface area contributed by atoms with Crippen LogP contribution in [0.3, 0.4) is 0 Å². The zero-order valence-electron chi connectivity index (χ0n) is 18.1. The first-order chi connectivity index (χ1) is 15.0. The Kier molecular flexibility index (Phi) is 5.42. The molecule has 2 aromatic heterocycles. The summed E-state index contributed by atoms with van der Waals surface area (Å²) in [5.41, 5.74) is 2.82. The fourth-order valence-corrected chi connectivity index (χ4v) is 3.96. The van der Waals surface area contributed by atoms with Gasteiger partial charge in [0.05, 0.1) is 30.8 Å². The van der Waals surface area contributed by atoms with E-state index in [4.69, 9.17) is 9.47 Å². The predicted octanol–water partition coefficient (Wildman–Crippen LogP) is 2.97. The zero-order valence-corrected chi connectivity index (χ0v) is 18.1. The Bertz CT molecular complexity index is 1360. The maximum absolute atomic E-state index is 13.0. The molecule has 160 valence electrons. The summed E-state index contributed by atoms with van der Waals surface area (Å²) in [5.74, 6) is 1.36. The van der Waals surface area contributed by atoms with Crippen LogP contribution in [0.15, 0.2) is 64.3 Å². The predicted molar refractivity (Wildman–Crippen MR) is 121 cm³/mol. The van der Waals surface area contributed by atoms with E-state index in [2.05, 4.69) is 4.57 Å². The van der Waals surface area contributed by atoms with Crippen molar-refractivity contribution < 1.29 is 9.47 Å². The molecule has 31 heavy (non-hydrogen) atoms. The summed E-state index contributed by atoms with van der Waals surface area (Å²) in [4.78, 5) is 25.5. The second kappa shape index (κ2) is 8.18. The lowest BCUT2D eigenvalue weighted by molar-refractivity contribution is 0.354. The lowest BCUT2D eigenvalue weighted by Gasteiger charge is -2.12. The third kappa shape index (κ3) is 3.52. The fraction of sp³-hybridized carbons (Fsp3) is 0.250. The molecular weight excluding hydrogens is 394 g/mol. The molecule has 0 aliphatic heterocycles. The molecule has 0 bridgehead atoms. The van der Waals surface area contributed by atoms with Crippen molar-refractivity contribution in [3.8, 4) is 22.8 Å². The van der Waals surface area contributed by atoms with E-state index >= 15 is 0 Å². The van der Waals surface area contributed by atoms with Crippen LogP contribution in [0, 0.1) is 0 Å². The summed E-state index contributed by atoms with van der Waals surface area (Å²) < 4.78 is 15.5. The molecule has 0 atom stereocenters. The van der Waals surface area contributed by atoms with E-state index in [1.165, 1.54) is 11.6 Å². The van der Waals surface area contributed by atoms with Crippen LogP contribution in [0.2, 0.25) is 0 Å². The van der Waals surface area contributed by atoms with Crippen molar-refractivity contribution in [2.75, 3.05) is 14.2 Å². The molecule has 2 heterocycles. The zero-order chi connectivity index (χ0) is 22.1. The Morgan fingerprint density at radius 2 is 1.58 bits per heavy atom. The number of methoxy groups -OCH3 is 2. The van der Waals surface area contributed by atoms with Crippen molar-refractivity contribution in [1.82, 2.24) is 13.7 Å². The van der Waals surface area contributed by atoms with Crippen molar-refractivity contribution in [3.63, 3.8) is 0 Å². The highest BCUT2D eigenvalue weighted by Crippen LogP contribution is 2.30. The smallest absolute Gasteiger partial charge is 0.330 e. The van der Waals surface area contributed by atoms with Crippen LogP contribution in [0.25, 0.3) is 22.2 Å². The van der Waals surface area contributed by atoms with E-state index in [-0.39, 0.29) is 11.2 Å². The van der Waals surface area contributed by atoms with E-state index in [1.807, 2.05) is 54.7 Å². The highest BCUT2D eigenvalue weighted by molar-refractivity contribution is 5.93. The number of hydrogen-bond donors (Lipinski definition) is 0. The molecule has 7 heteroatoms. The van der Waals surface area contributed by atoms with Crippen LogP contribution in [0.4, 0.5) is 0 Å². The molecule has 0 aliphatic rings. The average molecular weight is 419 g/mol. The molecule has 0 saturated carbocycles. The Morgan fingerprint density at radius 3 is 2.26 bits per heavy atom. The maximum atomic E-state index is 13.0. The summed E-state index contributed by atoms with van der Waals surface area (Å²) in [5, 5.41) is 0.545. The standard InChI is InChI=1S/C24H25N3O4/c1-25-18-15-27(13-12-16-10-11-19(30-3)20(14-16)31-4)22(17-8-6-5-7-9-17)21(18)23(28)26(2)24(25)29/h5-11,14-15H,12-13H2,1-4H3. The van der Waals surface area contributed by atoms with Crippen LogP contribution in [0.1, 0.15) is 5.56 Å². The first-order valence-electron chi connectivity index (χ1n) is 10.0. The van der Waals surface area contributed by atoms with Crippen molar-refractivity contribution in [1.29, 1.82) is 0 Å². The van der Waals surface area contributed by atoms with Gasteiger partial charge in [0.1, 0.15) is 0 Å². The lowest BCUT2D eigenvalue weighted by Crippen LogP contribution is -2.36. The number of rotatable bonds is 6. The Balaban J connectivity index is 1.85. The van der Waals surface area contributed by atoms with Crippen molar-refractivity contribution in [2.45, 2.75) is 13.0 Å². The maximum Gasteiger partial charge on any atom is 0.330 e. The second-order valence-electron chi connectivity index (χ2n) is 7.44. The Hall–Kier alpha value is -3.74. The van der Waals surface area contributed by atoms with Gasteiger partial charge in [-0.3, -0.25) is 13.9 Å². The van der Waals surface area contributed by atoms with Crippen molar-refractivity contribution >= 4 is 10.9 Å². The summed E-state index contributed by atoms with van der Waals surface area (Å²) >= 11 is 0. The Morgan fingerprint density at radius 1 is 0.871 bits per heavy atom. The molecule has 0 saturated heterocycles. The quantitative estimate of drug-likeness (QED) is 0.482. The molecule has 0 radical (unpaired) electrons. The van der Waals surface area contributed by atoms with Gasteiger partial charge in [-0.15, -0.1) is 0 Å². The molecule has 0 amide bonds. The molecule has 0 spiro atoms. The van der Waals surface area contributed by atoms with Crippen LogP contribution >= 0.6 is 0 Å². The van der Waals surface area contributed by atoms with Gasteiger partial charge in [0.15, 0.2) is 11.5 Å². The third-order valence-electron chi connectivity index (χ3n) is 5.65. The first kappa shape index (κ1) is 20.5. The van der Waals surface area contributed by atoms with E-state index in [0.717, 1.165) is 27.8 Å². The van der Waals surface area contributed by atoms with E-state index in [0.29, 0.717) is 28.9 Å². The van der Waals surface area contributed by atoms with E-state index in [1.54, 1.807) is 21.3 Å². The van der Waals surface area contributed by atoms with Crippen LogP contribution in [-0.4, -0.2) is 27.9 Å². The highest BCUT2D eigenvalue weighted by Gasteiger charge is 2.19. The van der Waals surface area contributed by atoms with Gasteiger partial charge in [-0.25, -0.2) is 4.79 Å². The molecule has 0 fully saturated rings. The van der Waals surface area contributed by atoms with Crippen LogP contribution < -0.4 is 20.7 Å². The number of hydrogen-bond acceptors (Lipinski definition) is 4. The highest BCUT2D eigenvalue weighted by atomic mass is 16.5. The van der Waals surface area contributed by atoms with Gasteiger partial charge < -0.3 is 14.0 Å². The number of aryl methyl sites for hydroxylation is 3. The summed E-state index contributed by atoms with van der Waals surface area (Å²) in [6.45, 7) is 0.631. The molecule has 4 rings (SSSR count). The average Bonchev–Trinajstić information content (AvgIpc) is 3.20. The SMILES string of the molecule is COc1ccc(CCn2cc3c(c2-c2ccccc2)c(=O)n(C)c(=O)n3C)cc1OC. The first-order valence-corrected chi connectivity index (χ1v) is 10.0. The summed E-state index contributed by atoms with van der Waals surface area (Å²) in [6.07, 6.45) is 2.61. The van der Waals surface area contributed by atoms with Gasteiger partial charge in [-0.1, -0.05) is 36.4 Å². The molecule has 7 nitrogen and oxygen atoms in total. The molecular formula is C24H25N3O4. The number of ether oxygens (including phenoxy) is 2. The van der Waals surface area contributed by atoms with Gasteiger partial charge in [0, 0.05) is 26.8 Å². The molecule has 2 aromatic carbocycles. The number of aromatic nitrogens is 3. The molecule has 0 aliphatic carbocycles. The molecule has 4 aromatic rings. The van der Waals surface area contributed by atoms with E-state index < -0.39 is 0 Å². The largest absolute Gasteiger partial charge is 0.493 e. The van der Waals surface area contributed by atoms with Gasteiger partial charge >= 0.3 is 5.69 Å². The van der Waals surface area contributed by atoms with Crippen molar-refractivity contribution in [3.05, 3.63) is 81.1 Å². The second-order valence-corrected chi connectivity index (χ2v) is 7.44. The van der Waals surface area contributed by atoms with Gasteiger partial charge in [-0.2, -0.15) is 0 Å². The number of fused-ring (bicyclic) bond motifs is 1. The Labute approximate surface area is 179 Å². The third-order valence-corrected chi connectivity index (χ3v) is 5.65. The lowest BCUT2D eigenvalue weighted by atomic mass is 10.1. The van der Waals surface area contributed by atoms with E-state index in [9.17, 15) is 9.59 Å². The minimum atomic E-state index is -0.339. The summed E-state index contributed by atoms with van der Waals surface area (Å²) in [7, 11) is 6.43. The number of benzene rings is 2. The summed E-state index contributed by atoms with van der Waals surface area (Å²) in [6, 6.07) is 15.6. The van der Waals surface area contributed by atoms with Crippen molar-refractivity contribution in [2.24, 2.45) is 14.1 Å². The fourth-order valence-electron chi connectivity index (χ4n) is 3.96. The van der Waals surface area contributed by atoms with Gasteiger partial charge in [-0.05, 0) is 29.7 Å². The molecule has 0 unspecified atom stereocenters. The minimum absolute atomic E-state index is 0.290. The molecule has 0 N–H and O–H groups in total. The number of nitrogens with zero attached hydrogens (tertiary/aromatic N) is 3. The van der Waals surface area contributed by atoms with Crippen LogP contribution in [0.5, 0.6) is 11.5 Å².